The molecule has 11 heavy (non-hydrogen) atoms. The fourth-order valence-electron chi connectivity index (χ4n) is 1.06. The molecule has 1 saturated carbocycles. The number of halogens is 1. The molecule has 0 spiro atoms. The van der Waals surface area contributed by atoms with Crippen molar-refractivity contribution in [2.24, 2.45) is 5.73 Å². The van der Waals surface area contributed by atoms with E-state index in [2.05, 4.69) is 26.3 Å². The van der Waals surface area contributed by atoms with Crippen LogP contribution in [0.2, 0.25) is 0 Å². The van der Waals surface area contributed by atoms with Crippen LogP contribution in [0.1, 0.15) is 18.5 Å². The second-order valence-electron chi connectivity index (χ2n) is 3.13. The Morgan fingerprint density at radius 1 is 1.73 bits per heavy atom. The molecule has 1 aromatic heterocycles. The van der Waals surface area contributed by atoms with Gasteiger partial charge in [-0.1, -0.05) is 0 Å². The summed E-state index contributed by atoms with van der Waals surface area (Å²) in [6.07, 6.45) is 3.25. The number of hydrogen-bond donors (Lipinski definition) is 1. The number of nitrogens with zero attached hydrogens (tertiary/aromatic N) is 1. The zero-order valence-electron chi connectivity index (χ0n) is 6.01. The number of hydrogen-bond acceptors (Lipinski definition) is 3. The van der Waals surface area contributed by atoms with Crippen LogP contribution in [-0.2, 0) is 6.42 Å². The second-order valence-corrected chi connectivity index (χ2v) is 5.27. The number of nitrogens with two attached hydrogens (primary N) is 1. The Hall–Kier alpha value is 0.0700. The number of aromatic nitrogens is 1. The molecule has 0 radical (unpaired) electrons. The Bertz CT molecular complexity index is 267. The molecule has 60 valence electrons. The van der Waals surface area contributed by atoms with Crippen molar-refractivity contribution in [1.29, 1.82) is 0 Å². The average molecular weight is 233 g/mol. The predicted octanol–water partition coefficient (Wildman–Crippen LogP) is 1.94. The quantitative estimate of drug-likeness (QED) is 0.847. The highest BCUT2D eigenvalue weighted by atomic mass is 79.9. The van der Waals surface area contributed by atoms with Crippen LogP contribution in [0.25, 0.3) is 0 Å². The van der Waals surface area contributed by atoms with Gasteiger partial charge in [0, 0.05) is 17.3 Å². The molecule has 1 aliphatic carbocycles. The summed E-state index contributed by atoms with van der Waals surface area (Å²) in [5.74, 6) is 0. The molecule has 1 aromatic rings. The molecule has 0 bridgehead atoms. The fraction of sp³-hybridized carbons (Fsp3) is 0.571. The molecule has 0 amide bonds. The van der Waals surface area contributed by atoms with Gasteiger partial charge in [-0.15, -0.1) is 11.3 Å². The highest BCUT2D eigenvalue weighted by Crippen LogP contribution is 2.35. The van der Waals surface area contributed by atoms with Crippen LogP contribution in [-0.4, -0.2) is 10.5 Å². The van der Waals surface area contributed by atoms with Gasteiger partial charge in [0.2, 0.25) is 0 Å². The van der Waals surface area contributed by atoms with Crippen molar-refractivity contribution >= 4 is 27.3 Å². The summed E-state index contributed by atoms with van der Waals surface area (Å²) in [5, 5.41) is 2.07. The van der Waals surface area contributed by atoms with Gasteiger partial charge >= 0.3 is 0 Å². The van der Waals surface area contributed by atoms with Crippen LogP contribution in [0.15, 0.2) is 9.30 Å². The van der Waals surface area contributed by atoms with Crippen molar-refractivity contribution in [1.82, 2.24) is 4.98 Å². The van der Waals surface area contributed by atoms with Crippen molar-refractivity contribution in [3.63, 3.8) is 0 Å². The van der Waals surface area contributed by atoms with Crippen LogP contribution in [0.3, 0.4) is 0 Å². The minimum atomic E-state index is 0.0908. The minimum Gasteiger partial charge on any atom is -0.325 e. The van der Waals surface area contributed by atoms with Gasteiger partial charge in [-0.3, -0.25) is 0 Å². The van der Waals surface area contributed by atoms with Gasteiger partial charge in [0.05, 0.1) is 5.69 Å². The molecule has 0 atom stereocenters. The van der Waals surface area contributed by atoms with Gasteiger partial charge in [0.25, 0.3) is 0 Å². The monoisotopic (exact) mass is 232 g/mol. The van der Waals surface area contributed by atoms with Gasteiger partial charge in [0.1, 0.15) is 0 Å². The Morgan fingerprint density at radius 3 is 2.91 bits per heavy atom. The van der Waals surface area contributed by atoms with Crippen molar-refractivity contribution in [3.05, 3.63) is 15.0 Å². The third kappa shape index (κ3) is 1.80. The second kappa shape index (κ2) is 2.54. The van der Waals surface area contributed by atoms with Crippen molar-refractivity contribution in [3.8, 4) is 0 Å². The lowest BCUT2D eigenvalue weighted by molar-refractivity contribution is 0.661. The summed E-state index contributed by atoms with van der Waals surface area (Å²) in [7, 11) is 0. The molecule has 2 rings (SSSR count). The third-order valence-electron chi connectivity index (χ3n) is 1.95. The Morgan fingerprint density at radius 2 is 2.45 bits per heavy atom. The SMILES string of the molecule is NC1(Cc2csc(Br)n2)CC1. The molecule has 0 aliphatic heterocycles. The first kappa shape index (κ1) is 7.71. The van der Waals surface area contributed by atoms with Crippen molar-refractivity contribution < 1.29 is 0 Å². The van der Waals surface area contributed by atoms with Gasteiger partial charge < -0.3 is 5.73 Å². The van der Waals surface area contributed by atoms with Gasteiger partial charge in [-0.25, -0.2) is 4.98 Å². The summed E-state index contributed by atoms with van der Waals surface area (Å²) >= 11 is 4.95. The van der Waals surface area contributed by atoms with E-state index in [1.165, 1.54) is 0 Å². The standard InChI is InChI=1S/C7H9BrN2S/c8-6-10-5(4-11-6)3-7(9)1-2-7/h4H,1-3,9H2. The van der Waals surface area contributed by atoms with Gasteiger partial charge in [0.15, 0.2) is 3.92 Å². The maximum atomic E-state index is 5.94. The van der Waals surface area contributed by atoms with E-state index in [0.29, 0.717) is 0 Å². The zero-order valence-corrected chi connectivity index (χ0v) is 8.41. The topological polar surface area (TPSA) is 38.9 Å². The lowest BCUT2D eigenvalue weighted by Gasteiger charge is -2.03. The Balaban J connectivity index is 2.06. The Labute approximate surface area is 78.0 Å². The van der Waals surface area contributed by atoms with Crippen molar-refractivity contribution in [2.75, 3.05) is 0 Å². The third-order valence-corrected chi connectivity index (χ3v) is 3.36. The first-order valence-electron chi connectivity index (χ1n) is 3.57. The van der Waals surface area contributed by atoms with Crippen LogP contribution in [0, 0.1) is 0 Å². The highest BCUT2D eigenvalue weighted by molar-refractivity contribution is 9.11. The molecule has 1 heterocycles. The minimum absolute atomic E-state index is 0.0908. The molecular formula is C7H9BrN2S. The molecule has 1 fully saturated rings. The highest BCUT2D eigenvalue weighted by Gasteiger charge is 2.38. The average Bonchev–Trinajstić information content (AvgIpc) is 2.49. The lowest BCUT2D eigenvalue weighted by Crippen LogP contribution is -2.24. The van der Waals surface area contributed by atoms with Crippen LogP contribution >= 0.6 is 27.3 Å². The van der Waals surface area contributed by atoms with Gasteiger partial charge in [-0.2, -0.15) is 0 Å². The molecule has 0 unspecified atom stereocenters. The number of thiazole rings is 1. The molecule has 0 aromatic carbocycles. The summed E-state index contributed by atoms with van der Waals surface area (Å²) in [4.78, 5) is 4.29. The maximum absolute atomic E-state index is 5.94. The van der Waals surface area contributed by atoms with Crippen LogP contribution < -0.4 is 5.73 Å². The molecule has 1 aliphatic rings. The molecule has 0 saturated heterocycles. The van der Waals surface area contributed by atoms with E-state index in [1.54, 1.807) is 11.3 Å². The molecule has 2 N–H and O–H groups in total. The van der Waals surface area contributed by atoms with Gasteiger partial charge in [-0.05, 0) is 28.8 Å². The summed E-state index contributed by atoms with van der Waals surface area (Å²) in [5.41, 5.74) is 7.15. The summed E-state index contributed by atoms with van der Waals surface area (Å²) in [6, 6.07) is 0. The first-order chi connectivity index (χ1) is 5.18. The maximum Gasteiger partial charge on any atom is 0.159 e. The fourth-order valence-corrected chi connectivity index (χ4v) is 2.11. The van der Waals surface area contributed by atoms with Crippen molar-refractivity contribution in [2.45, 2.75) is 24.8 Å². The van der Waals surface area contributed by atoms with E-state index >= 15 is 0 Å². The molecule has 2 nitrogen and oxygen atoms in total. The summed E-state index contributed by atoms with van der Waals surface area (Å²) in [6.45, 7) is 0. The first-order valence-corrected chi connectivity index (χ1v) is 5.24. The lowest BCUT2D eigenvalue weighted by atomic mass is 10.1. The largest absolute Gasteiger partial charge is 0.325 e. The smallest absolute Gasteiger partial charge is 0.159 e. The van der Waals surface area contributed by atoms with E-state index in [4.69, 9.17) is 5.73 Å². The normalized spacial score (nSPS) is 20.2. The van der Waals surface area contributed by atoms with Crippen LogP contribution in [0.4, 0.5) is 0 Å². The van der Waals surface area contributed by atoms with E-state index < -0.39 is 0 Å². The molecule has 4 heteroatoms. The van der Waals surface area contributed by atoms with E-state index in [0.717, 1.165) is 28.9 Å². The Kier molecular flexibility index (Phi) is 1.78. The number of rotatable bonds is 2. The predicted molar refractivity (Wildman–Crippen MR) is 49.7 cm³/mol. The zero-order chi connectivity index (χ0) is 7.90. The van der Waals surface area contributed by atoms with E-state index in [-0.39, 0.29) is 5.54 Å². The summed E-state index contributed by atoms with van der Waals surface area (Å²) < 4.78 is 0.955. The van der Waals surface area contributed by atoms with E-state index in [1.807, 2.05) is 0 Å². The van der Waals surface area contributed by atoms with E-state index in [9.17, 15) is 0 Å². The molecular weight excluding hydrogens is 224 g/mol. The van der Waals surface area contributed by atoms with Crippen LogP contribution in [0.5, 0.6) is 0 Å².